The van der Waals surface area contributed by atoms with Gasteiger partial charge in [-0.25, -0.2) is 9.48 Å². The molecule has 0 bridgehead atoms. The average Bonchev–Trinajstić information content (AvgIpc) is 3.28. The summed E-state index contributed by atoms with van der Waals surface area (Å²) in [6.45, 7) is 3.97. The van der Waals surface area contributed by atoms with Crippen LogP contribution in [0.3, 0.4) is 0 Å². The van der Waals surface area contributed by atoms with E-state index in [0.717, 1.165) is 5.56 Å². The first-order valence-electron chi connectivity index (χ1n) is 9.57. The number of aromatic nitrogens is 4. The number of carbonyl (C=O) groups is 2. The van der Waals surface area contributed by atoms with Crippen LogP contribution in [0.2, 0.25) is 0 Å². The molecule has 2 atom stereocenters. The summed E-state index contributed by atoms with van der Waals surface area (Å²) in [4.78, 5) is 25.3. The van der Waals surface area contributed by atoms with Crippen LogP contribution in [0.1, 0.15) is 25.5 Å². The highest BCUT2D eigenvalue weighted by molar-refractivity contribution is 5.95. The summed E-state index contributed by atoms with van der Waals surface area (Å²) in [5.74, 6) is -0.330. The van der Waals surface area contributed by atoms with Gasteiger partial charge in [-0.3, -0.25) is 4.79 Å². The lowest BCUT2D eigenvalue weighted by molar-refractivity contribution is -0.156. The summed E-state index contributed by atoms with van der Waals surface area (Å²) in [7, 11) is 0. The predicted molar refractivity (Wildman–Crippen MR) is 109 cm³/mol. The van der Waals surface area contributed by atoms with E-state index in [1.807, 2.05) is 37.3 Å². The maximum atomic E-state index is 12.8. The Bertz CT molecular complexity index is 945. The molecule has 1 heterocycles. The van der Waals surface area contributed by atoms with Gasteiger partial charge in [0.25, 0.3) is 5.91 Å². The number of benzene rings is 2. The molecule has 0 saturated carbocycles. The van der Waals surface area contributed by atoms with E-state index >= 15 is 0 Å². The molecule has 3 aromatic rings. The fourth-order valence-electron chi connectivity index (χ4n) is 2.78. The second kappa shape index (κ2) is 10.1. The molecule has 1 N–H and O–H groups in total. The Kier molecular flexibility index (Phi) is 7.09. The Balaban J connectivity index is 1.63. The van der Waals surface area contributed by atoms with Crippen LogP contribution in [-0.4, -0.2) is 44.8 Å². The summed E-state index contributed by atoms with van der Waals surface area (Å²) in [5, 5.41) is 13.7. The van der Waals surface area contributed by atoms with Gasteiger partial charge in [0.1, 0.15) is 12.1 Å². The quantitative estimate of drug-likeness (QED) is 0.541. The van der Waals surface area contributed by atoms with Gasteiger partial charge in [-0.15, -0.1) is 5.10 Å². The summed E-state index contributed by atoms with van der Waals surface area (Å²) in [6.07, 6.45) is 0.677. The molecule has 30 heavy (non-hydrogen) atoms. The lowest BCUT2D eigenvalue weighted by Crippen LogP contribution is -2.34. The number of tetrazole rings is 1. The Labute approximate surface area is 174 Å². The topological polar surface area (TPSA) is 108 Å². The highest BCUT2D eigenvalue weighted by Gasteiger charge is 2.27. The average molecular weight is 409 g/mol. The number of carbonyl (C=O) groups excluding carboxylic acids is 2. The second-order valence-electron chi connectivity index (χ2n) is 6.52. The second-order valence-corrected chi connectivity index (χ2v) is 6.52. The van der Waals surface area contributed by atoms with E-state index in [-0.39, 0.29) is 0 Å². The van der Waals surface area contributed by atoms with Crippen LogP contribution in [0.15, 0.2) is 60.9 Å². The van der Waals surface area contributed by atoms with Gasteiger partial charge in [0.2, 0.25) is 0 Å². The largest absolute Gasteiger partial charge is 0.494 e. The van der Waals surface area contributed by atoms with Crippen molar-refractivity contribution in [3.63, 3.8) is 0 Å². The van der Waals surface area contributed by atoms with Crippen molar-refractivity contribution in [1.82, 2.24) is 20.2 Å². The van der Waals surface area contributed by atoms with Crippen molar-refractivity contribution in [2.45, 2.75) is 32.4 Å². The molecule has 0 aliphatic rings. The maximum absolute atomic E-state index is 12.8. The highest BCUT2D eigenvalue weighted by atomic mass is 16.5. The first-order valence-corrected chi connectivity index (χ1v) is 9.57. The summed E-state index contributed by atoms with van der Waals surface area (Å²) < 4.78 is 12.1. The van der Waals surface area contributed by atoms with Crippen molar-refractivity contribution in [1.29, 1.82) is 0 Å². The minimum atomic E-state index is -1.00. The first kappa shape index (κ1) is 21.0. The number of hydrogen-bond donors (Lipinski definition) is 1. The van der Waals surface area contributed by atoms with E-state index in [1.54, 1.807) is 24.3 Å². The molecular weight excluding hydrogens is 386 g/mol. The smallest absolute Gasteiger partial charge is 0.332 e. The molecular formula is C21H23N5O4. The molecule has 9 heteroatoms. The SMILES string of the molecule is CCOc1ccc(NC(=O)[C@@H](C)OC(=O)[C@H](Cc2ccccc2)n2cnnn2)cc1. The van der Waals surface area contributed by atoms with E-state index in [0.29, 0.717) is 24.5 Å². The Morgan fingerprint density at radius 1 is 1.10 bits per heavy atom. The Morgan fingerprint density at radius 2 is 1.83 bits per heavy atom. The maximum Gasteiger partial charge on any atom is 0.332 e. The number of hydrogen-bond acceptors (Lipinski definition) is 7. The zero-order valence-electron chi connectivity index (χ0n) is 16.8. The molecule has 0 radical (unpaired) electrons. The van der Waals surface area contributed by atoms with Gasteiger partial charge in [-0.1, -0.05) is 30.3 Å². The van der Waals surface area contributed by atoms with Crippen LogP contribution in [0.4, 0.5) is 5.69 Å². The van der Waals surface area contributed by atoms with E-state index < -0.39 is 24.0 Å². The van der Waals surface area contributed by atoms with Crippen LogP contribution in [0.5, 0.6) is 5.75 Å². The third-order valence-electron chi connectivity index (χ3n) is 4.32. The minimum Gasteiger partial charge on any atom is -0.494 e. The van der Waals surface area contributed by atoms with Gasteiger partial charge in [-0.2, -0.15) is 0 Å². The van der Waals surface area contributed by atoms with Crippen molar-refractivity contribution < 1.29 is 19.1 Å². The zero-order valence-corrected chi connectivity index (χ0v) is 16.8. The molecule has 2 aromatic carbocycles. The molecule has 1 amide bonds. The number of anilines is 1. The number of amides is 1. The number of nitrogens with zero attached hydrogens (tertiary/aromatic N) is 4. The predicted octanol–water partition coefficient (Wildman–Crippen LogP) is 2.43. The molecule has 0 spiro atoms. The van der Waals surface area contributed by atoms with Gasteiger partial charge in [-0.05, 0) is 54.1 Å². The normalized spacial score (nSPS) is 12.6. The molecule has 156 valence electrons. The molecule has 3 rings (SSSR count). The molecule has 0 fully saturated rings. The van der Waals surface area contributed by atoms with Crippen LogP contribution in [-0.2, 0) is 20.7 Å². The Morgan fingerprint density at radius 3 is 2.47 bits per heavy atom. The van der Waals surface area contributed by atoms with Crippen molar-refractivity contribution in [3.05, 3.63) is 66.5 Å². The fourth-order valence-corrected chi connectivity index (χ4v) is 2.78. The molecule has 0 saturated heterocycles. The minimum absolute atomic E-state index is 0.331. The van der Waals surface area contributed by atoms with Crippen LogP contribution in [0.25, 0.3) is 0 Å². The molecule has 1 aromatic heterocycles. The molecule has 9 nitrogen and oxygen atoms in total. The van der Waals surface area contributed by atoms with E-state index in [4.69, 9.17) is 9.47 Å². The number of ether oxygens (including phenoxy) is 2. The summed E-state index contributed by atoms with van der Waals surface area (Å²) in [6, 6.07) is 15.6. The van der Waals surface area contributed by atoms with E-state index in [2.05, 4.69) is 20.8 Å². The summed E-state index contributed by atoms with van der Waals surface area (Å²) >= 11 is 0. The first-order chi connectivity index (χ1) is 14.6. The van der Waals surface area contributed by atoms with Crippen molar-refractivity contribution in [3.8, 4) is 5.75 Å². The lowest BCUT2D eigenvalue weighted by atomic mass is 10.1. The van der Waals surface area contributed by atoms with Crippen LogP contribution in [0, 0.1) is 0 Å². The number of esters is 1. The number of nitrogens with one attached hydrogen (secondary N) is 1. The van der Waals surface area contributed by atoms with Gasteiger partial charge in [0, 0.05) is 12.1 Å². The Hall–Kier alpha value is -3.75. The fraction of sp³-hybridized carbons (Fsp3) is 0.286. The van der Waals surface area contributed by atoms with Gasteiger partial charge >= 0.3 is 5.97 Å². The standard InChI is InChI=1S/C21H23N5O4/c1-3-29-18-11-9-17(10-12-18)23-20(27)15(2)30-21(28)19(26-14-22-24-25-26)13-16-7-5-4-6-8-16/h4-12,14-15,19H,3,13H2,1-2H3,(H,23,27)/t15-,19+/m1/s1. The molecule has 0 unspecified atom stereocenters. The van der Waals surface area contributed by atoms with E-state index in [1.165, 1.54) is 17.9 Å². The van der Waals surface area contributed by atoms with Crippen molar-refractivity contribution in [2.75, 3.05) is 11.9 Å². The van der Waals surface area contributed by atoms with Crippen molar-refractivity contribution >= 4 is 17.6 Å². The van der Waals surface area contributed by atoms with Gasteiger partial charge in [0.05, 0.1) is 6.61 Å². The van der Waals surface area contributed by atoms with Gasteiger partial charge in [0.15, 0.2) is 12.1 Å². The lowest BCUT2D eigenvalue weighted by Gasteiger charge is -2.19. The summed E-state index contributed by atoms with van der Waals surface area (Å²) in [5.41, 5.74) is 1.49. The molecule has 0 aliphatic heterocycles. The molecule has 0 aliphatic carbocycles. The third kappa shape index (κ3) is 5.63. The zero-order chi connectivity index (χ0) is 21.3. The van der Waals surface area contributed by atoms with Crippen LogP contribution < -0.4 is 10.1 Å². The monoisotopic (exact) mass is 409 g/mol. The highest BCUT2D eigenvalue weighted by Crippen LogP contribution is 2.18. The van der Waals surface area contributed by atoms with Crippen LogP contribution >= 0.6 is 0 Å². The van der Waals surface area contributed by atoms with Gasteiger partial charge < -0.3 is 14.8 Å². The van der Waals surface area contributed by atoms with Crippen molar-refractivity contribution in [2.24, 2.45) is 0 Å². The van der Waals surface area contributed by atoms with E-state index in [9.17, 15) is 9.59 Å². The third-order valence-corrected chi connectivity index (χ3v) is 4.32. The number of rotatable bonds is 9.